The Kier molecular flexibility index (Phi) is 6.05. The molecule has 27 heavy (non-hydrogen) atoms. The van der Waals surface area contributed by atoms with E-state index in [9.17, 15) is 9.59 Å². The molecule has 3 aromatic rings. The molecule has 1 amide bonds. The van der Waals surface area contributed by atoms with Crippen LogP contribution in [-0.2, 0) is 16.0 Å². The standard InChI is InChI=1S/C19H17ClN2O4S/c1-25-11-10-22-16-14(20)4-3-5-15(16)27-19(22)21-17(23)12-6-8-13(9-7-12)18(24)26-2/h3-9H,10-11H2,1-2H3. The Hall–Kier alpha value is -2.48. The van der Waals surface area contributed by atoms with Crippen LogP contribution >= 0.6 is 22.9 Å². The van der Waals surface area contributed by atoms with Crippen molar-refractivity contribution >= 4 is 45.0 Å². The molecule has 2 aromatic carbocycles. The summed E-state index contributed by atoms with van der Waals surface area (Å²) in [6.45, 7) is 0.986. The van der Waals surface area contributed by atoms with Gasteiger partial charge in [0.15, 0.2) is 4.80 Å². The van der Waals surface area contributed by atoms with Crippen molar-refractivity contribution < 1.29 is 19.1 Å². The number of carbonyl (C=O) groups is 2. The van der Waals surface area contributed by atoms with Gasteiger partial charge in [0.1, 0.15) is 0 Å². The molecule has 0 spiro atoms. The van der Waals surface area contributed by atoms with E-state index in [1.165, 1.54) is 30.6 Å². The molecule has 0 N–H and O–H groups in total. The van der Waals surface area contributed by atoms with Gasteiger partial charge in [-0.3, -0.25) is 4.79 Å². The molecule has 0 saturated heterocycles. The van der Waals surface area contributed by atoms with Gasteiger partial charge in [-0.2, -0.15) is 4.99 Å². The van der Waals surface area contributed by atoms with Gasteiger partial charge >= 0.3 is 5.97 Å². The SMILES string of the molecule is COCCn1c(=NC(=O)c2ccc(C(=O)OC)cc2)sc2cccc(Cl)c21. The molecule has 0 fully saturated rings. The van der Waals surface area contributed by atoms with Crippen LogP contribution in [0, 0.1) is 0 Å². The van der Waals surface area contributed by atoms with E-state index in [-0.39, 0.29) is 0 Å². The summed E-state index contributed by atoms with van der Waals surface area (Å²) in [5.41, 5.74) is 1.58. The van der Waals surface area contributed by atoms with Crippen molar-refractivity contribution in [3.63, 3.8) is 0 Å². The van der Waals surface area contributed by atoms with Crippen molar-refractivity contribution in [2.45, 2.75) is 6.54 Å². The van der Waals surface area contributed by atoms with Gasteiger partial charge in [0.25, 0.3) is 5.91 Å². The number of rotatable bonds is 5. The second kappa shape index (κ2) is 8.47. The van der Waals surface area contributed by atoms with Crippen LogP contribution in [0.2, 0.25) is 5.02 Å². The Balaban J connectivity index is 2.03. The van der Waals surface area contributed by atoms with Crippen molar-refractivity contribution in [3.05, 3.63) is 63.4 Å². The first-order valence-electron chi connectivity index (χ1n) is 8.09. The lowest BCUT2D eigenvalue weighted by Gasteiger charge is -2.05. The molecule has 0 unspecified atom stereocenters. The quantitative estimate of drug-likeness (QED) is 0.610. The van der Waals surface area contributed by atoms with E-state index < -0.39 is 11.9 Å². The summed E-state index contributed by atoms with van der Waals surface area (Å²) in [7, 11) is 2.92. The molecule has 0 bridgehead atoms. The zero-order valence-electron chi connectivity index (χ0n) is 14.8. The van der Waals surface area contributed by atoms with Crippen molar-refractivity contribution in [1.29, 1.82) is 0 Å². The van der Waals surface area contributed by atoms with Gasteiger partial charge < -0.3 is 14.0 Å². The normalized spacial score (nSPS) is 11.7. The number of benzene rings is 2. The van der Waals surface area contributed by atoms with Gasteiger partial charge in [0.05, 0.1) is 34.5 Å². The fraction of sp³-hybridized carbons (Fsp3) is 0.211. The third-order valence-corrected chi connectivity index (χ3v) is 5.27. The topological polar surface area (TPSA) is 69.9 Å². The third-order valence-electron chi connectivity index (χ3n) is 3.92. The Bertz CT molecular complexity index is 1050. The monoisotopic (exact) mass is 404 g/mol. The molecule has 0 radical (unpaired) electrons. The maximum absolute atomic E-state index is 12.6. The maximum Gasteiger partial charge on any atom is 0.337 e. The smallest absolute Gasteiger partial charge is 0.337 e. The van der Waals surface area contributed by atoms with Crippen LogP contribution in [0.4, 0.5) is 0 Å². The summed E-state index contributed by atoms with van der Waals surface area (Å²) in [6.07, 6.45) is 0. The van der Waals surface area contributed by atoms with Crippen LogP contribution in [0.1, 0.15) is 20.7 Å². The number of fused-ring (bicyclic) bond motifs is 1. The van der Waals surface area contributed by atoms with Gasteiger partial charge in [-0.05, 0) is 36.4 Å². The van der Waals surface area contributed by atoms with Gasteiger partial charge in [-0.1, -0.05) is 29.0 Å². The van der Waals surface area contributed by atoms with Crippen LogP contribution in [0.3, 0.4) is 0 Å². The summed E-state index contributed by atoms with van der Waals surface area (Å²) in [5, 5.41) is 0.594. The number of ether oxygens (including phenoxy) is 2. The molecule has 0 aliphatic carbocycles. The second-order valence-corrected chi connectivity index (χ2v) is 7.02. The van der Waals surface area contributed by atoms with Gasteiger partial charge in [-0.25, -0.2) is 4.79 Å². The first kappa shape index (κ1) is 19.3. The highest BCUT2D eigenvalue weighted by molar-refractivity contribution is 7.16. The Morgan fingerprint density at radius 2 is 1.81 bits per heavy atom. The van der Waals surface area contributed by atoms with E-state index in [2.05, 4.69) is 9.73 Å². The van der Waals surface area contributed by atoms with Crippen LogP contribution in [0.5, 0.6) is 0 Å². The van der Waals surface area contributed by atoms with Gasteiger partial charge in [0.2, 0.25) is 0 Å². The third kappa shape index (κ3) is 4.10. The number of methoxy groups -OCH3 is 2. The molecular formula is C19H17ClN2O4S. The summed E-state index contributed by atoms with van der Waals surface area (Å²) < 4.78 is 12.6. The van der Waals surface area contributed by atoms with Gasteiger partial charge in [0, 0.05) is 19.2 Å². The van der Waals surface area contributed by atoms with Crippen LogP contribution < -0.4 is 4.80 Å². The summed E-state index contributed by atoms with van der Waals surface area (Å²) in [6, 6.07) is 11.8. The predicted molar refractivity (Wildman–Crippen MR) is 104 cm³/mol. The van der Waals surface area contributed by atoms with Crippen LogP contribution in [-0.4, -0.2) is 37.3 Å². The molecule has 3 rings (SSSR count). The molecule has 0 aliphatic rings. The summed E-state index contributed by atoms with van der Waals surface area (Å²) in [4.78, 5) is 28.9. The minimum Gasteiger partial charge on any atom is -0.465 e. The lowest BCUT2D eigenvalue weighted by molar-refractivity contribution is 0.0600. The molecule has 1 heterocycles. The fourth-order valence-electron chi connectivity index (χ4n) is 2.58. The highest BCUT2D eigenvalue weighted by Crippen LogP contribution is 2.25. The largest absolute Gasteiger partial charge is 0.465 e. The summed E-state index contributed by atoms with van der Waals surface area (Å²) >= 11 is 7.73. The number of halogens is 1. The van der Waals surface area contributed by atoms with Crippen molar-refractivity contribution in [2.75, 3.05) is 20.8 Å². The van der Waals surface area contributed by atoms with Crippen molar-refractivity contribution in [3.8, 4) is 0 Å². The van der Waals surface area contributed by atoms with E-state index in [4.69, 9.17) is 16.3 Å². The predicted octanol–water partition coefficient (Wildman–Crippen LogP) is 3.53. The lowest BCUT2D eigenvalue weighted by atomic mass is 10.1. The van der Waals surface area contributed by atoms with Crippen molar-refractivity contribution in [1.82, 2.24) is 4.57 Å². The van der Waals surface area contributed by atoms with E-state index >= 15 is 0 Å². The molecular weight excluding hydrogens is 388 g/mol. The number of thiazole rings is 1. The van der Waals surface area contributed by atoms with E-state index in [0.29, 0.717) is 34.1 Å². The molecule has 0 aliphatic heterocycles. The Labute approximate surface area is 164 Å². The first-order valence-corrected chi connectivity index (χ1v) is 9.29. The average Bonchev–Trinajstić information content (AvgIpc) is 3.04. The number of aromatic nitrogens is 1. The molecule has 0 saturated carbocycles. The zero-order chi connectivity index (χ0) is 19.4. The van der Waals surface area contributed by atoms with E-state index in [1.807, 2.05) is 16.7 Å². The highest BCUT2D eigenvalue weighted by Gasteiger charge is 2.12. The molecule has 0 atom stereocenters. The maximum atomic E-state index is 12.6. The van der Waals surface area contributed by atoms with Crippen molar-refractivity contribution in [2.24, 2.45) is 4.99 Å². The number of para-hydroxylation sites is 1. The average molecular weight is 405 g/mol. The first-order chi connectivity index (χ1) is 13.0. The number of hydrogen-bond acceptors (Lipinski definition) is 5. The molecule has 140 valence electrons. The minimum absolute atomic E-state index is 0.373. The zero-order valence-corrected chi connectivity index (χ0v) is 16.3. The molecule has 8 heteroatoms. The fourth-order valence-corrected chi connectivity index (χ4v) is 3.99. The number of amides is 1. The number of hydrogen-bond donors (Lipinski definition) is 0. The number of esters is 1. The Morgan fingerprint density at radius 3 is 2.48 bits per heavy atom. The minimum atomic E-state index is -0.456. The number of carbonyl (C=O) groups excluding carboxylic acids is 2. The lowest BCUT2D eigenvalue weighted by Crippen LogP contribution is -2.19. The molecule has 1 aromatic heterocycles. The highest BCUT2D eigenvalue weighted by atomic mass is 35.5. The Morgan fingerprint density at radius 1 is 1.11 bits per heavy atom. The number of nitrogens with zero attached hydrogens (tertiary/aromatic N) is 2. The van der Waals surface area contributed by atoms with Crippen LogP contribution in [0.25, 0.3) is 10.2 Å². The van der Waals surface area contributed by atoms with Gasteiger partial charge in [-0.15, -0.1) is 0 Å². The van der Waals surface area contributed by atoms with Crippen LogP contribution in [0.15, 0.2) is 47.5 Å². The summed E-state index contributed by atoms with van der Waals surface area (Å²) in [5.74, 6) is -0.859. The van der Waals surface area contributed by atoms with E-state index in [1.54, 1.807) is 25.3 Å². The molecule has 6 nitrogen and oxygen atoms in total. The van der Waals surface area contributed by atoms with E-state index in [0.717, 1.165) is 10.2 Å². The second-order valence-electron chi connectivity index (χ2n) is 5.60.